The standard InChI is InChI=1S/C32H43N3O3/c1-4-7-9-10-12-25-14-16-26(17-15-25)31(36)34-27-18-19-30(29(23-27)32(37)33-20-6-3)35(21-8-5-2)24-28-13-11-22-38-28/h11,13-19,22-23H,4-10,12,20-21,24H2,1-3H3,(H,33,37)(H,34,36). The molecule has 3 rings (SSSR count). The molecule has 38 heavy (non-hydrogen) atoms. The predicted octanol–water partition coefficient (Wildman–Crippen LogP) is 7.60. The molecule has 0 saturated heterocycles. The minimum absolute atomic E-state index is 0.147. The largest absolute Gasteiger partial charge is 0.467 e. The van der Waals surface area contributed by atoms with Crippen LogP contribution in [0.1, 0.15) is 97.8 Å². The molecule has 0 aliphatic heterocycles. The predicted molar refractivity (Wildman–Crippen MR) is 156 cm³/mol. The maximum atomic E-state index is 13.2. The number of aryl methyl sites for hydroxylation is 1. The van der Waals surface area contributed by atoms with E-state index in [1.54, 1.807) is 12.3 Å². The monoisotopic (exact) mass is 517 g/mol. The molecule has 0 aliphatic rings. The van der Waals surface area contributed by atoms with Crippen molar-refractivity contribution >= 4 is 23.2 Å². The van der Waals surface area contributed by atoms with Crippen molar-refractivity contribution in [2.45, 2.75) is 78.7 Å². The van der Waals surface area contributed by atoms with Crippen LogP contribution >= 0.6 is 0 Å². The van der Waals surface area contributed by atoms with Gasteiger partial charge in [-0.2, -0.15) is 0 Å². The van der Waals surface area contributed by atoms with Gasteiger partial charge >= 0.3 is 0 Å². The molecule has 0 atom stereocenters. The van der Waals surface area contributed by atoms with Crippen LogP contribution in [0, 0.1) is 0 Å². The summed E-state index contributed by atoms with van der Waals surface area (Å²) < 4.78 is 5.60. The van der Waals surface area contributed by atoms with Crippen LogP contribution < -0.4 is 15.5 Å². The number of benzene rings is 2. The molecule has 2 aromatic carbocycles. The fraction of sp³-hybridized carbons (Fsp3) is 0.438. The first-order valence-electron chi connectivity index (χ1n) is 14.2. The van der Waals surface area contributed by atoms with E-state index in [1.165, 1.54) is 31.2 Å². The molecule has 0 spiro atoms. The van der Waals surface area contributed by atoms with Gasteiger partial charge in [0.05, 0.1) is 24.1 Å². The summed E-state index contributed by atoms with van der Waals surface area (Å²) in [7, 11) is 0. The second-order valence-corrected chi connectivity index (χ2v) is 9.80. The van der Waals surface area contributed by atoms with E-state index in [4.69, 9.17) is 4.42 Å². The molecule has 0 bridgehead atoms. The van der Waals surface area contributed by atoms with E-state index in [2.05, 4.69) is 29.4 Å². The van der Waals surface area contributed by atoms with Crippen molar-refractivity contribution in [2.24, 2.45) is 0 Å². The van der Waals surface area contributed by atoms with Gasteiger partial charge in [0.2, 0.25) is 0 Å². The molecule has 0 saturated carbocycles. The number of amides is 2. The molecule has 2 N–H and O–H groups in total. The third-order valence-corrected chi connectivity index (χ3v) is 6.62. The summed E-state index contributed by atoms with van der Waals surface area (Å²) in [4.78, 5) is 28.4. The van der Waals surface area contributed by atoms with E-state index in [9.17, 15) is 9.59 Å². The van der Waals surface area contributed by atoms with Gasteiger partial charge in [0.25, 0.3) is 11.8 Å². The topological polar surface area (TPSA) is 74.6 Å². The lowest BCUT2D eigenvalue weighted by Crippen LogP contribution is -2.30. The average Bonchev–Trinajstić information content (AvgIpc) is 3.45. The van der Waals surface area contributed by atoms with Crippen LogP contribution in [0.25, 0.3) is 0 Å². The Morgan fingerprint density at radius 1 is 0.842 bits per heavy atom. The summed E-state index contributed by atoms with van der Waals surface area (Å²) in [6, 6.07) is 17.2. The summed E-state index contributed by atoms with van der Waals surface area (Å²) in [6.07, 6.45) is 10.5. The van der Waals surface area contributed by atoms with E-state index in [0.717, 1.165) is 43.7 Å². The lowest BCUT2D eigenvalue weighted by Gasteiger charge is -2.26. The van der Waals surface area contributed by atoms with Crippen molar-refractivity contribution in [3.63, 3.8) is 0 Å². The minimum atomic E-state index is -0.186. The molecule has 6 nitrogen and oxygen atoms in total. The molecule has 6 heteroatoms. The SMILES string of the molecule is CCCCCCc1ccc(C(=O)Nc2ccc(N(CCCC)Cc3ccco3)c(C(=O)NCCC)c2)cc1. The Morgan fingerprint density at radius 3 is 2.32 bits per heavy atom. The van der Waals surface area contributed by atoms with Gasteiger partial charge in [-0.05, 0) is 73.7 Å². The van der Waals surface area contributed by atoms with Crippen LogP contribution in [0.5, 0.6) is 0 Å². The Hall–Kier alpha value is -3.54. The van der Waals surface area contributed by atoms with Crippen molar-refractivity contribution in [2.75, 3.05) is 23.3 Å². The van der Waals surface area contributed by atoms with Crippen molar-refractivity contribution in [3.05, 3.63) is 83.3 Å². The Labute approximate surface area is 227 Å². The molecule has 0 fully saturated rings. The van der Waals surface area contributed by atoms with E-state index in [1.807, 2.05) is 55.5 Å². The zero-order valence-corrected chi connectivity index (χ0v) is 23.2. The van der Waals surface area contributed by atoms with Gasteiger partial charge in [-0.1, -0.05) is 58.6 Å². The fourth-order valence-electron chi connectivity index (χ4n) is 4.41. The van der Waals surface area contributed by atoms with Crippen molar-refractivity contribution in [1.29, 1.82) is 0 Å². The highest BCUT2D eigenvalue weighted by molar-refractivity contribution is 6.06. The lowest BCUT2D eigenvalue weighted by atomic mass is 10.0. The number of rotatable bonds is 16. The molecule has 0 radical (unpaired) electrons. The van der Waals surface area contributed by atoms with E-state index >= 15 is 0 Å². The first-order chi connectivity index (χ1) is 18.5. The first-order valence-corrected chi connectivity index (χ1v) is 14.2. The summed E-state index contributed by atoms with van der Waals surface area (Å²) in [5.41, 5.74) is 3.82. The van der Waals surface area contributed by atoms with Crippen LogP contribution in [-0.4, -0.2) is 24.9 Å². The number of unbranched alkanes of at least 4 members (excludes halogenated alkanes) is 4. The zero-order valence-electron chi connectivity index (χ0n) is 23.2. The van der Waals surface area contributed by atoms with Gasteiger partial charge in [-0.15, -0.1) is 0 Å². The summed E-state index contributed by atoms with van der Waals surface area (Å²) >= 11 is 0. The average molecular weight is 518 g/mol. The normalized spacial score (nSPS) is 10.8. The molecular formula is C32H43N3O3. The molecular weight excluding hydrogens is 474 g/mol. The number of hydrogen-bond acceptors (Lipinski definition) is 4. The van der Waals surface area contributed by atoms with Crippen molar-refractivity contribution < 1.29 is 14.0 Å². The van der Waals surface area contributed by atoms with Crippen LogP contribution in [0.4, 0.5) is 11.4 Å². The molecule has 0 aliphatic carbocycles. The molecule has 2 amide bonds. The lowest BCUT2D eigenvalue weighted by molar-refractivity contribution is 0.0952. The van der Waals surface area contributed by atoms with E-state index in [-0.39, 0.29) is 11.8 Å². The number of furan rings is 1. The second kappa shape index (κ2) is 15.7. The van der Waals surface area contributed by atoms with E-state index < -0.39 is 0 Å². The molecule has 3 aromatic rings. The molecule has 1 heterocycles. The second-order valence-electron chi connectivity index (χ2n) is 9.80. The van der Waals surface area contributed by atoms with Crippen molar-refractivity contribution in [3.8, 4) is 0 Å². The van der Waals surface area contributed by atoms with Gasteiger partial charge in [-0.25, -0.2) is 0 Å². The highest BCUT2D eigenvalue weighted by atomic mass is 16.3. The summed E-state index contributed by atoms with van der Waals surface area (Å²) in [5.74, 6) is 0.507. The minimum Gasteiger partial charge on any atom is -0.467 e. The third-order valence-electron chi connectivity index (χ3n) is 6.62. The number of nitrogens with zero attached hydrogens (tertiary/aromatic N) is 1. The summed E-state index contributed by atoms with van der Waals surface area (Å²) in [6.45, 7) is 8.34. The Kier molecular flexibility index (Phi) is 12.0. The quantitative estimate of drug-likeness (QED) is 0.192. The van der Waals surface area contributed by atoms with Gasteiger partial charge in [0, 0.05) is 24.3 Å². The fourth-order valence-corrected chi connectivity index (χ4v) is 4.41. The Bertz CT molecular complexity index is 1120. The third kappa shape index (κ3) is 8.79. The number of carbonyl (C=O) groups is 2. The maximum absolute atomic E-state index is 13.2. The number of nitrogens with one attached hydrogen (secondary N) is 2. The highest BCUT2D eigenvalue weighted by Gasteiger charge is 2.19. The number of carbonyl (C=O) groups excluding carboxylic acids is 2. The van der Waals surface area contributed by atoms with Gasteiger partial charge in [0.1, 0.15) is 5.76 Å². The highest BCUT2D eigenvalue weighted by Crippen LogP contribution is 2.27. The Morgan fingerprint density at radius 2 is 1.63 bits per heavy atom. The molecule has 204 valence electrons. The molecule has 1 aromatic heterocycles. The van der Waals surface area contributed by atoms with Crippen LogP contribution in [-0.2, 0) is 13.0 Å². The van der Waals surface area contributed by atoms with Gasteiger partial charge < -0.3 is 20.0 Å². The maximum Gasteiger partial charge on any atom is 0.255 e. The van der Waals surface area contributed by atoms with Crippen molar-refractivity contribution in [1.82, 2.24) is 5.32 Å². The van der Waals surface area contributed by atoms with E-state index in [0.29, 0.717) is 29.9 Å². The van der Waals surface area contributed by atoms with Crippen LogP contribution in [0.2, 0.25) is 0 Å². The zero-order chi connectivity index (χ0) is 27.2. The Balaban J connectivity index is 1.79. The van der Waals surface area contributed by atoms with Crippen LogP contribution in [0.15, 0.2) is 65.3 Å². The van der Waals surface area contributed by atoms with Gasteiger partial charge in [0.15, 0.2) is 0 Å². The van der Waals surface area contributed by atoms with Crippen LogP contribution in [0.3, 0.4) is 0 Å². The summed E-state index contributed by atoms with van der Waals surface area (Å²) in [5, 5.41) is 5.99. The first kappa shape index (κ1) is 29.0. The smallest absolute Gasteiger partial charge is 0.255 e. The number of hydrogen-bond donors (Lipinski definition) is 2. The number of anilines is 2. The molecule has 0 unspecified atom stereocenters. The van der Waals surface area contributed by atoms with Gasteiger partial charge in [-0.3, -0.25) is 9.59 Å².